The number of halogens is 4. The van der Waals surface area contributed by atoms with Crippen LogP contribution < -0.4 is 10.2 Å². The van der Waals surface area contributed by atoms with Gasteiger partial charge in [-0.1, -0.05) is 35.0 Å². The number of carbonyl (C=O) groups is 1. The zero-order chi connectivity index (χ0) is 20.1. The quantitative estimate of drug-likeness (QED) is 0.506. The van der Waals surface area contributed by atoms with Gasteiger partial charge < -0.3 is 9.26 Å². The van der Waals surface area contributed by atoms with E-state index in [1.54, 1.807) is 24.3 Å². The SMILES string of the molecule is O=C(N/N=C/c1ccccc1Cl)c1nc(-c2ccc(OC(F)(F)F)cc2)no1. The van der Waals surface area contributed by atoms with E-state index in [4.69, 9.17) is 16.1 Å². The van der Waals surface area contributed by atoms with E-state index < -0.39 is 18.0 Å². The first-order chi connectivity index (χ1) is 13.3. The number of rotatable bonds is 5. The number of hydrogen-bond acceptors (Lipinski definition) is 6. The molecule has 0 saturated carbocycles. The van der Waals surface area contributed by atoms with Gasteiger partial charge in [0.1, 0.15) is 5.75 Å². The van der Waals surface area contributed by atoms with Crippen molar-refractivity contribution in [2.45, 2.75) is 6.36 Å². The maximum absolute atomic E-state index is 12.2. The third-order valence-corrected chi connectivity index (χ3v) is 3.59. The van der Waals surface area contributed by atoms with Crippen LogP contribution in [0.1, 0.15) is 16.2 Å². The highest BCUT2D eigenvalue weighted by molar-refractivity contribution is 6.33. The predicted molar refractivity (Wildman–Crippen MR) is 92.9 cm³/mol. The van der Waals surface area contributed by atoms with Gasteiger partial charge in [0.2, 0.25) is 5.82 Å². The predicted octanol–water partition coefficient (Wildman–Crippen LogP) is 4.05. The topological polar surface area (TPSA) is 89.6 Å². The average Bonchev–Trinajstić information content (AvgIpc) is 3.13. The van der Waals surface area contributed by atoms with Gasteiger partial charge in [0.05, 0.1) is 6.21 Å². The summed E-state index contributed by atoms with van der Waals surface area (Å²) in [6.45, 7) is 0. The first-order valence-corrected chi connectivity index (χ1v) is 7.97. The molecule has 28 heavy (non-hydrogen) atoms. The van der Waals surface area contributed by atoms with Gasteiger partial charge in [-0.2, -0.15) is 10.1 Å². The van der Waals surface area contributed by atoms with Crippen molar-refractivity contribution in [3.8, 4) is 17.1 Å². The summed E-state index contributed by atoms with van der Waals surface area (Å²) < 4.78 is 45.1. The highest BCUT2D eigenvalue weighted by atomic mass is 35.5. The minimum atomic E-state index is -4.79. The molecule has 0 atom stereocenters. The summed E-state index contributed by atoms with van der Waals surface area (Å²) in [7, 11) is 0. The van der Waals surface area contributed by atoms with E-state index in [-0.39, 0.29) is 11.7 Å². The molecule has 0 spiro atoms. The smallest absolute Gasteiger partial charge is 0.406 e. The number of hydrazone groups is 1. The molecule has 7 nitrogen and oxygen atoms in total. The summed E-state index contributed by atoms with van der Waals surface area (Å²) >= 11 is 5.96. The lowest BCUT2D eigenvalue weighted by molar-refractivity contribution is -0.274. The molecule has 0 bridgehead atoms. The van der Waals surface area contributed by atoms with Crippen molar-refractivity contribution in [2.24, 2.45) is 5.10 Å². The number of aromatic nitrogens is 2. The van der Waals surface area contributed by atoms with Gasteiger partial charge in [-0.15, -0.1) is 13.2 Å². The summed E-state index contributed by atoms with van der Waals surface area (Å²) in [6.07, 6.45) is -3.44. The number of hydrogen-bond donors (Lipinski definition) is 1. The van der Waals surface area contributed by atoms with Crippen LogP contribution >= 0.6 is 11.6 Å². The first-order valence-electron chi connectivity index (χ1n) is 7.60. The number of alkyl halides is 3. The first kappa shape index (κ1) is 19.4. The molecule has 1 N–H and O–H groups in total. The monoisotopic (exact) mass is 410 g/mol. The Hall–Kier alpha value is -3.40. The molecular formula is C17H10ClF3N4O3. The summed E-state index contributed by atoms with van der Waals surface area (Å²) in [5.74, 6) is -1.52. The van der Waals surface area contributed by atoms with Crippen molar-refractivity contribution in [3.05, 3.63) is 65.0 Å². The van der Waals surface area contributed by atoms with Crippen molar-refractivity contribution < 1.29 is 27.2 Å². The van der Waals surface area contributed by atoms with Crippen molar-refractivity contribution in [1.29, 1.82) is 0 Å². The number of benzene rings is 2. The molecule has 0 unspecified atom stereocenters. The number of ether oxygens (including phenoxy) is 1. The molecule has 11 heteroatoms. The lowest BCUT2D eigenvalue weighted by Gasteiger charge is -2.08. The molecule has 1 amide bonds. The van der Waals surface area contributed by atoms with Crippen LogP contribution in [0.2, 0.25) is 5.02 Å². The van der Waals surface area contributed by atoms with Gasteiger partial charge >= 0.3 is 18.2 Å². The second kappa shape index (κ2) is 8.09. The van der Waals surface area contributed by atoms with Crippen molar-refractivity contribution in [3.63, 3.8) is 0 Å². The van der Waals surface area contributed by atoms with Gasteiger partial charge in [0.15, 0.2) is 0 Å². The van der Waals surface area contributed by atoms with Crippen LogP contribution in [-0.2, 0) is 0 Å². The Morgan fingerprint density at radius 3 is 2.57 bits per heavy atom. The van der Waals surface area contributed by atoms with E-state index in [0.29, 0.717) is 16.1 Å². The maximum atomic E-state index is 12.2. The lowest BCUT2D eigenvalue weighted by atomic mass is 10.2. The molecule has 144 valence electrons. The van der Waals surface area contributed by atoms with Crippen LogP contribution in [0.5, 0.6) is 5.75 Å². The summed E-state index contributed by atoms with van der Waals surface area (Å²) in [4.78, 5) is 15.9. The molecule has 0 saturated heterocycles. The second-order valence-corrected chi connectivity index (χ2v) is 5.62. The maximum Gasteiger partial charge on any atom is 0.573 e. The Morgan fingerprint density at radius 2 is 1.89 bits per heavy atom. The second-order valence-electron chi connectivity index (χ2n) is 5.22. The van der Waals surface area contributed by atoms with Gasteiger partial charge in [-0.25, -0.2) is 5.43 Å². The number of nitrogens with zero attached hydrogens (tertiary/aromatic N) is 3. The number of nitrogens with one attached hydrogen (secondary N) is 1. The number of carbonyl (C=O) groups excluding carboxylic acids is 1. The van der Waals surface area contributed by atoms with E-state index in [2.05, 4.69) is 25.4 Å². The third kappa shape index (κ3) is 5.07. The van der Waals surface area contributed by atoms with Crippen molar-refractivity contribution in [2.75, 3.05) is 0 Å². The molecule has 0 aliphatic carbocycles. The van der Waals surface area contributed by atoms with Crippen LogP contribution in [-0.4, -0.2) is 28.6 Å². The van der Waals surface area contributed by atoms with Crippen LogP contribution in [0, 0.1) is 0 Å². The molecule has 1 heterocycles. The van der Waals surface area contributed by atoms with E-state index in [1.165, 1.54) is 18.3 Å². The van der Waals surface area contributed by atoms with Gasteiger partial charge in [0.25, 0.3) is 0 Å². The third-order valence-electron chi connectivity index (χ3n) is 3.24. The molecule has 3 rings (SSSR count). The summed E-state index contributed by atoms with van der Waals surface area (Å²) in [5, 5.41) is 7.81. The fourth-order valence-corrected chi connectivity index (χ4v) is 2.21. The Bertz CT molecular complexity index is 1000. The molecule has 0 fully saturated rings. The van der Waals surface area contributed by atoms with Crippen molar-refractivity contribution >= 4 is 23.7 Å². The van der Waals surface area contributed by atoms with E-state index in [0.717, 1.165) is 12.1 Å². The Morgan fingerprint density at radius 1 is 1.18 bits per heavy atom. The normalized spacial score (nSPS) is 11.6. The summed E-state index contributed by atoms with van der Waals surface area (Å²) in [6, 6.07) is 11.6. The van der Waals surface area contributed by atoms with E-state index in [1.807, 2.05) is 0 Å². The van der Waals surface area contributed by atoms with Gasteiger partial charge in [-0.3, -0.25) is 4.79 Å². The molecule has 3 aromatic rings. The zero-order valence-corrected chi connectivity index (χ0v) is 14.5. The molecule has 0 radical (unpaired) electrons. The van der Waals surface area contributed by atoms with Crippen molar-refractivity contribution in [1.82, 2.24) is 15.6 Å². The Balaban J connectivity index is 1.65. The molecule has 0 aliphatic rings. The van der Waals surface area contributed by atoms with Crippen LogP contribution in [0.25, 0.3) is 11.4 Å². The largest absolute Gasteiger partial charge is 0.573 e. The van der Waals surface area contributed by atoms with Gasteiger partial charge in [-0.05, 0) is 30.3 Å². The Kier molecular flexibility index (Phi) is 5.59. The Labute approximate surface area is 160 Å². The lowest BCUT2D eigenvalue weighted by Crippen LogP contribution is -2.18. The van der Waals surface area contributed by atoms with Gasteiger partial charge in [0, 0.05) is 16.1 Å². The fraction of sp³-hybridized carbons (Fsp3) is 0.0588. The highest BCUT2D eigenvalue weighted by Gasteiger charge is 2.31. The van der Waals surface area contributed by atoms with E-state index >= 15 is 0 Å². The number of amides is 1. The highest BCUT2D eigenvalue weighted by Crippen LogP contribution is 2.25. The zero-order valence-electron chi connectivity index (χ0n) is 13.8. The summed E-state index contributed by atoms with van der Waals surface area (Å²) in [5.41, 5.74) is 3.13. The average molecular weight is 411 g/mol. The molecule has 0 aliphatic heterocycles. The van der Waals surface area contributed by atoms with Crippen LogP contribution in [0.3, 0.4) is 0 Å². The minimum Gasteiger partial charge on any atom is -0.406 e. The molecule has 2 aromatic carbocycles. The molecular weight excluding hydrogens is 401 g/mol. The van der Waals surface area contributed by atoms with Crippen LogP contribution in [0.4, 0.5) is 13.2 Å². The van der Waals surface area contributed by atoms with Crippen LogP contribution in [0.15, 0.2) is 58.2 Å². The standard InChI is InChI=1S/C17H10ClF3N4O3/c18-13-4-2-1-3-11(13)9-22-24-15(26)16-23-14(25-28-16)10-5-7-12(8-6-10)27-17(19,20)21/h1-9H,(H,24,26)/b22-9+. The fourth-order valence-electron chi connectivity index (χ4n) is 2.03. The van der Waals surface area contributed by atoms with E-state index in [9.17, 15) is 18.0 Å². The minimum absolute atomic E-state index is 0.0128. The molecule has 1 aromatic heterocycles.